The van der Waals surface area contributed by atoms with Gasteiger partial charge in [-0.05, 0) is 72.8 Å². The maximum absolute atomic E-state index is 7.30. The van der Waals surface area contributed by atoms with Crippen LogP contribution in [0.1, 0.15) is 11.5 Å². The first-order valence-electron chi connectivity index (χ1n) is 20.3. The van der Waals surface area contributed by atoms with Gasteiger partial charge in [0.2, 0.25) is 0 Å². The Morgan fingerprint density at radius 1 is 0.407 bits per heavy atom. The summed E-state index contributed by atoms with van der Waals surface area (Å²) in [7, 11) is 0. The van der Waals surface area contributed by atoms with Gasteiger partial charge in [0.1, 0.15) is 11.7 Å². The van der Waals surface area contributed by atoms with Crippen LogP contribution in [0.15, 0.2) is 192 Å². The number of ether oxygens (including phenoxy) is 1. The molecule has 0 fully saturated rings. The largest absolute Gasteiger partial charge is 0.479 e. The molecule has 5 nitrogen and oxygen atoms in total. The number of rotatable bonds is 3. The van der Waals surface area contributed by atoms with Crippen molar-refractivity contribution in [2.45, 2.75) is 12.0 Å². The summed E-state index contributed by atoms with van der Waals surface area (Å²) in [5.74, 6) is 0.754. The molecule has 4 aromatic heterocycles. The molecule has 0 saturated carbocycles. The highest BCUT2D eigenvalue weighted by molar-refractivity contribution is 6.14. The van der Waals surface area contributed by atoms with Gasteiger partial charge in [-0.2, -0.15) is 0 Å². The maximum Gasteiger partial charge on any atom is 0.177 e. The van der Waals surface area contributed by atoms with Gasteiger partial charge >= 0.3 is 0 Å². The average Bonchev–Trinajstić information content (AvgIpc) is 4.10. The van der Waals surface area contributed by atoms with Gasteiger partial charge in [0, 0.05) is 60.0 Å². The van der Waals surface area contributed by atoms with Crippen molar-refractivity contribution in [3.8, 4) is 11.4 Å². The van der Waals surface area contributed by atoms with Crippen LogP contribution in [-0.2, 0) is 0 Å². The molecule has 59 heavy (non-hydrogen) atoms. The molecule has 276 valence electrons. The number of hydrogen-bond donors (Lipinski definition) is 0. The molecule has 0 N–H and O–H groups in total. The van der Waals surface area contributed by atoms with Crippen molar-refractivity contribution >= 4 is 98.8 Å². The number of nitrogens with zero attached hydrogens (tertiary/aromatic N) is 3. The van der Waals surface area contributed by atoms with Crippen molar-refractivity contribution in [3.05, 3.63) is 194 Å². The minimum absolute atomic E-state index is 0.0642. The number of fused-ring (bicyclic) bond motifs is 16. The minimum atomic E-state index is -0.284. The van der Waals surface area contributed by atoms with Gasteiger partial charge in [-0.25, -0.2) is 0 Å². The van der Waals surface area contributed by atoms with Crippen LogP contribution >= 0.6 is 0 Å². The summed E-state index contributed by atoms with van der Waals surface area (Å²) in [4.78, 5) is 0. The van der Waals surface area contributed by atoms with Crippen molar-refractivity contribution in [3.63, 3.8) is 0 Å². The summed E-state index contributed by atoms with van der Waals surface area (Å²) < 4.78 is 21.4. The SMILES string of the molecule is C1=C(n2c3ccccc3c3ccccc32)C=C(n2c3ccccc3c3ccccc32)C2Oc3c(ccc4c3oc3ccc(-n5c6ccccc6c6ccccc65)cc34)C12. The molecule has 12 aromatic rings. The fourth-order valence-corrected chi connectivity index (χ4v) is 10.5. The molecule has 2 aliphatic rings. The van der Waals surface area contributed by atoms with Crippen molar-refractivity contribution in [1.29, 1.82) is 0 Å². The van der Waals surface area contributed by atoms with Gasteiger partial charge in [-0.15, -0.1) is 0 Å². The van der Waals surface area contributed by atoms with Crippen molar-refractivity contribution in [2.75, 3.05) is 0 Å². The first-order chi connectivity index (χ1) is 29.3. The third-order valence-corrected chi connectivity index (χ3v) is 13.0. The quantitative estimate of drug-likeness (QED) is 0.180. The molecule has 0 bridgehead atoms. The van der Waals surface area contributed by atoms with Crippen molar-refractivity contribution < 1.29 is 9.15 Å². The highest BCUT2D eigenvalue weighted by atomic mass is 16.5. The molecular formula is C54H33N3O2. The zero-order valence-corrected chi connectivity index (χ0v) is 31.7. The molecule has 0 amide bonds. The molecule has 2 atom stereocenters. The van der Waals surface area contributed by atoms with E-state index in [9.17, 15) is 0 Å². The predicted molar refractivity (Wildman–Crippen MR) is 243 cm³/mol. The van der Waals surface area contributed by atoms with Crippen LogP contribution in [0.3, 0.4) is 0 Å². The molecule has 2 unspecified atom stereocenters. The summed E-state index contributed by atoms with van der Waals surface area (Å²) in [6, 6.07) is 63.4. The van der Waals surface area contributed by atoms with Crippen molar-refractivity contribution in [1.82, 2.24) is 13.7 Å². The third-order valence-electron chi connectivity index (χ3n) is 13.0. The first kappa shape index (κ1) is 31.3. The van der Waals surface area contributed by atoms with Crippen molar-refractivity contribution in [2.24, 2.45) is 0 Å². The number of allylic oxidation sites excluding steroid dienone is 2. The van der Waals surface area contributed by atoms with E-state index in [-0.39, 0.29) is 12.0 Å². The number of aromatic nitrogens is 3. The second-order valence-electron chi connectivity index (χ2n) is 16.0. The van der Waals surface area contributed by atoms with Crippen LogP contribution in [0.5, 0.6) is 5.75 Å². The van der Waals surface area contributed by atoms with E-state index in [0.29, 0.717) is 0 Å². The average molecular weight is 756 g/mol. The van der Waals surface area contributed by atoms with Crippen LogP contribution < -0.4 is 4.74 Å². The van der Waals surface area contributed by atoms with E-state index in [4.69, 9.17) is 9.15 Å². The Hall–Kier alpha value is -7.76. The van der Waals surface area contributed by atoms with Crippen LogP contribution in [0.4, 0.5) is 0 Å². The normalized spacial score (nSPS) is 16.5. The number of furan rings is 1. The number of para-hydroxylation sites is 6. The summed E-state index contributed by atoms with van der Waals surface area (Å²) in [5.41, 5.74) is 13.1. The Balaban J connectivity index is 1.01. The second kappa shape index (κ2) is 11.4. The van der Waals surface area contributed by atoms with Crippen LogP contribution in [0.25, 0.3) is 104 Å². The fourth-order valence-electron chi connectivity index (χ4n) is 10.5. The molecule has 5 heteroatoms. The Labute approximate surface area is 337 Å². The molecule has 0 radical (unpaired) electrons. The Morgan fingerprint density at radius 3 is 1.41 bits per heavy atom. The lowest BCUT2D eigenvalue weighted by Gasteiger charge is -2.28. The summed E-state index contributed by atoms with van der Waals surface area (Å²) in [5, 5.41) is 9.54. The highest BCUT2D eigenvalue weighted by Gasteiger charge is 2.42. The topological polar surface area (TPSA) is 37.2 Å². The standard InChI is InChI=1S/C54H33N3O2/c1-7-19-44-34(13-1)35-14-2-8-20-45(35)55(44)32-25-28-51-42(29-32)40-26-27-41-43-30-33(56-46-21-9-3-15-36(46)37-16-4-10-22-47(37)56)31-50(52(43)59-54(41)53(40)58-51)57-48-23-11-5-17-38(48)39-18-6-12-24-49(39)57/h1-31,43,52H. The monoisotopic (exact) mass is 755 g/mol. The number of hydrogen-bond acceptors (Lipinski definition) is 2. The Kier molecular flexibility index (Phi) is 6.07. The van der Waals surface area contributed by atoms with E-state index in [0.717, 1.165) is 61.4 Å². The minimum Gasteiger partial charge on any atom is -0.479 e. The van der Waals surface area contributed by atoms with Gasteiger partial charge in [0.05, 0.1) is 44.7 Å². The lowest BCUT2D eigenvalue weighted by atomic mass is 9.88. The zero-order chi connectivity index (χ0) is 38.3. The van der Waals surface area contributed by atoms with Crippen LogP contribution in [-0.4, -0.2) is 19.8 Å². The van der Waals surface area contributed by atoms with Gasteiger partial charge in [-0.1, -0.05) is 115 Å². The number of benzene rings is 8. The molecule has 1 aliphatic carbocycles. The molecule has 0 spiro atoms. The molecule has 14 rings (SSSR count). The summed E-state index contributed by atoms with van der Waals surface area (Å²) >= 11 is 0. The molecule has 8 aromatic carbocycles. The summed E-state index contributed by atoms with van der Waals surface area (Å²) in [6.07, 6.45) is 4.49. The van der Waals surface area contributed by atoms with Gasteiger partial charge in [0.25, 0.3) is 0 Å². The van der Waals surface area contributed by atoms with E-state index < -0.39 is 0 Å². The van der Waals surface area contributed by atoms with Crippen LogP contribution in [0.2, 0.25) is 0 Å². The Bertz CT molecular complexity index is 3690. The van der Waals surface area contributed by atoms with Gasteiger partial charge in [-0.3, -0.25) is 0 Å². The summed E-state index contributed by atoms with van der Waals surface area (Å²) in [6.45, 7) is 0. The van der Waals surface area contributed by atoms with Crippen LogP contribution in [0, 0.1) is 0 Å². The molecule has 1 aliphatic heterocycles. The maximum atomic E-state index is 7.30. The van der Waals surface area contributed by atoms with E-state index in [2.05, 4.69) is 202 Å². The van der Waals surface area contributed by atoms with Gasteiger partial charge < -0.3 is 22.9 Å². The lowest BCUT2D eigenvalue weighted by molar-refractivity contribution is 0.272. The molecular weight excluding hydrogens is 723 g/mol. The first-order valence-corrected chi connectivity index (χ1v) is 20.3. The fraction of sp³-hybridized carbons (Fsp3) is 0.0370. The lowest BCUT2D eigenvalue weighted by Crippen LogP contribution is -2.26. The third kappa shape index (κ3) is 4.13. The van der Waals surface area contributed by atoms with E-state index in [1.807, 2.05) is 0 Å². The second-order valence-corrected chi connectivity index (χ2v) is 16.0. The molecule has 5 heterocycles. The van der Waals surface area contributed by atoms with E-state index in [1.165, 1.54) is 54.4 Å². The molecule has 0 saturated heterocycles. The Morgan fingerprint density at radius 2 is 0.881 bits per heavy atom. The smallest absolute Gasteiger partial charge is 0.177 e. The van der Waals surface area contributed by atoms with E-state index in [1.54, 1.807) is 0 Å². The highest BCUT2D eigenvalue weighted by Crippen LogP contribution is 2.52. The predicted octanol–water partition coefficient (Wildman–Crippen LogP) is 13.8. The van der Waals surface area contributed by atoms with E-state index >= 15 is 0 Å². The zero-order valence-electron chi connectivity index (χ0n) is 31.7. The van der Waals surface area contributed by atoms with Gasteiger partial charge in [0.15, 0.2) is 11.3 Å².